The van der Waals surface area contributed by atoms with Crippen LogP contribution >= 0.6 is 12.6 Å². The summed E-state index contributed by atoms with van der Waals surface area (Å²) in [5, 5.41) is 17.2. The van der Waals surface area contributed by atoms with E-state index in [2.05, 4.69) is 33.6 Å². The maximum Gasteiger partial charge on any atom is 0.326 e. The van der Waals surface area contributed by atoms with Gasteiger partial charge in [0.15, 0.2) is 5.96 Å². The summed E-state index contributed by atoms with van der Waals surface area (Å²) < 4.78 is 0. The second kappa shape index (κ2) is 18.0. The molecular weight excluding hydrogens is 512 g/mol. The van der Waals surface area contributed by atoms with Crippen LogP contribution in [-0.2, 0) is 25.6 Å². The molecule has 0 bridgehead atoms. The van der Waals surface area contributed by atoms with Gasteiger partial charge >= 0.3 is 5.97 Å². The molecule has 0 saturated carbocycles. The molecule has 1 aromatic carbocycles. The number of guanidine groups is 1. The van der Waals surface area contributed by atoms with E-state index in [0.717, 1.165) is 5.56 Å². The molecule has 0 fully saturated rings. The van der Waals surface area contributed by atoms with Crippen molar-refractivity contribution in [2.45, 2.75) is 62.7 Å². The number of aliphatic carboxylic acids is 1. The SMILES string of the molecule is NCCCCC(N)C(=O)NC(CCCN=C(N)N)C(=O)NC(CS)C(=O)NC(Cc1ccccc1)C(=O)O. The van der Waals surface area contributed by atoms with Crippen molar-refractivity contribution in [2.24, 2.45) is 27.9 Å². The van der Waals surface area contributed by atoms with Crippen LogP contribution in [0.1, 0.15) is 37.7 Å². The van der Waals surface area contributed by atoms with E-state index in [0.29, 0.717) is 32.2 Å². The Balaban J connectivity index is 2.88. The molecule has 0 aliphatic carbocycles. The molecule has 0 aliphatic heterocycles. The van der Waals surface area contributed by atoms with E-state index in [9.17, 15) is 24.3 Å². The topological polar surface area (TPSA) is 241 Å². The van der Waals surface area contributed by atoms with Gasteiger partial charge in [-0.1, -0.05) is 36.8 Å². The van der Waals surface area contributed by atoms with Gasteiger partial charge in [0.1, 0.15) is 18.1 Å². The van der Waals surface area contributed by atoms with Gasteiger partial charge in [0, 0.05) is 18.7 Å². The van der Waals surface area contributed by atoms with E-state index in [1.54, 1.807) is 30.3 Å². The first-order valence-corrected chi connectivity index (χ1v) is 13.0. The molecule has 38 heavy (non-hydrogen) atoms. The highest BCUT2D eigenvalue weighted by Crippen LogP contribution is 2.06. The number of nitrogens with one attached hydrogen (secondary N) is 3. The Morgan fingerprint density at radius 1 is 0.868 bits per heavy atom. The number of amides is 3. The molecular formula is C24H40N8O5S. The Morgan fingerprint density at radius 3 is 2.05 bits per heavy atom. The van der Waals surface area contributed by atoms with Crippen LogP contribution in [0.25, 0.3) is 0 Å². The van der Waals surface area contributed by atoms with Crippen molar-refractivity contribution >= 4 is 42.3 Å². The molecule has 0 aliphatic rings. The Labute approximate surface area is 228 Å². The van der Waals surface area contributed by atoms with Crippen molar-refractivity contribution in [1.29, 1.82) is 0 Å². The number of aliphatic imine (C=N–C) groups is 1. The third kappa shape index (κ3) is 12.7. The fourth-order valence-corrected chi connectivity index (χ4v) is 3.74. The molecule has 0 saturated heterocycles. The van der Waals surface area contributed by atoms with Crippen LogP contribution in [0, 0.1) is 0 Å². The number of carboxylic acids is 1. The number of carbonyl (C=O) groups excluding carboxylic acids is 3. The monoisotopic (exact) mass is 552 g/mol. The molecule has 3 amide bonds. The van der Waals surface area contributed by atoms with Crippen molar-refractivity contribution < 1.29 is 24.3 Å². The highest BCUT2D eigenvalue weighted by molar-refractivity contribution is 7.80. The minimum atomic E-state index is -1.22. The summed E-state index contributed by atoms with van der Waals surface area (Å²) in [6.07, 6.45) is 2.34. The van der Waals surface area contributed by atoms with Gasteiger partial charge in [-0.05, 0) is 37.8 Å². The minimum Gasteiger partial charge on any atom is -0.480 e. The first kappa shape index (κ1) is 32.7. The van der Waals surface area contributed by atoms with E-state index in [1.807, 2.05) is 0 Å². The van der Waals surface area contributed by atoms with Gasteiger partial charge in [0.2, 0.25) is 17.7 Å². The number of carboxylic acid groups (broad SMARTS) is 1. The van der Waals surface area contributed by atoms with E-state index in [4.69, 9.17) is 22.9 Å². The van der Waals surface area contributed by atoms with Crippen molar-refractivity contribution in [3.05, 3.63) is 35.9 Å². The summed E-state index contributed by atoms with van der Waals surface area (Å²) in [6, 6.07) is 4.57. The summed E-state index contributed by atoms with van der Waals surface area (Å²) in [4.78, 5) is 54.1. The first-order chi connectivity index (χ1) is 18.1. The summed E-state index contributed by atoms with van der Waals surface area (Å²) in [6.45, 7) is 0.701. The highest BCUT2D eigenvalue weighted by atomic mass is 32.1. The Bertz CT molecular complexity index is 930. The number of hydrogen-bond acceptors (Lipinski definition) is 8. The number of benzene rings is 1. The lowest BCUT2D eigenvalue weighted by Crippen LogP contribution is -2.57. The zero-order chi connectivity index (χ0) is 28.5. The van der Waals surface area contributed by atoms with Gasteiger partial charge in [-0.15, -0.1) is 0 Å². The van der Waals surface area contributed by atoms with Crippen LogP contribution in [0.15, 0.2) is 35.3 Å². The van der Waals surface area contributed by atoms with E-state index < -0.39 is 47.9 Å². The first-order valence-electron chi connectivity index (χ1n) is 12.4. The molecule has 1 rings (SSSR count). The predicted octanol–water partition coefficient (Wildman–Crippen LogP) is -1.79. The molecule has 4 unspecified atom stereocenters. The molecule has 13 nitrogen and oxygen atoms in total. The fourth-order valence-electron chi connectivity index (χ4n) is 3.48. The average Bonchev–Trinajstić information content (AvgIpc) is 2.88. The smallest absolute Gasteiger partial charge is 0.326 e. The predicted molar refractivity (Wildman–Crippen MR) is 148 cm³/mol. The van der Waals surface area contributed by atoms with E-state index in [-0.39, 0.29) is 31.1 Å². The van der Waals surface area contributed by atoms with Gasteiger partial charge in [-0.3, -0.25) is 19.4 Å². The number of carbonyl (C=O) groups is 4. The van der Waals surface area contributed by atoms with Crippen molar-refractivity contribution in [1.82, 2.24) is 16.0 Å². The van der Waals surface area contributed by atoms with E-state index in [1.165, 1.54) is 0 Å². The maximum atomic E-state index is 13.1. The van der Waals surface area contributed by atoms with E-state index >= 15 is 0 Å². The lowest BCUT2D eigenvalue weighted by atomic mass is 10.1. The standard InChI is InChI=1S/C24H40N8O5S/c25-11-5-4-9-16(26)20(33)30-17(10-6-12-29-24(27)28)21(34)32-19(14-38)22(35)31-18(23(36)37)13-15-7-2-1-3-8-15/h1-3,7-8,16-19,38H,4-6,9-14,25-26H2,(H,30,33)(H,31,35)(H,32,34)(H,36,37)(H4,27,28,29). The van der Waals surface area contributed by atoms with Crippen LogP contribution in [0.4, 0.5) is 0 Å². The molecule has 1 aromatic rings. The Morgan fingerprint density at radius 2 is 1.47 bits per heavy atom. The quantitative estimate of drug-likeness (QED) is 0.0431. The van der Waals surface area contributed by atoms with Gasteiger partial charge < -0.3 is 44.0 Å². The molecule has 0 heterocycles. The third-order valence-corrected chi connectivity index (χ3v) is 5.96. The van der Waals surface area contributed by atoms with Gasteiger partial charge in [0.25, 0.3) is 0 Å². The van der Waals surface area contributed by atoms with Gasteiger partial charge in [-0.2, -0.15) is 12.6 Å². The fraction of sp³-hybridized carbons (Fsp3) is 0.542. The summed E-state index contributed by atoms with van der Waals surface area (Å²) in [7, 11) is 0. The van der Waals surface area contributed by atoms with Crippen LogP contribution in [-0.4, -0.2) is 77.8 Å². The van der Waals surface area contributed by atoms with Crippen LogP contribution in [0.3, 0.4) is 0 Å². The van der Waals surface area contributed by atoms with Crippen LogP contribution in [0.5, 0.6) is 0 Å². The van der Waals surface area contributed by atoms with Crippen LogP contribution < -0.4 is 38.9 Å². The molecule has 4 atom stereocenters. The Hall–Kier alpha value is -3.36. The average molecular weight is 553 g/mol. The number of unbranched alkanes of at least 4 members (excludes halogenated alkanes) is 1. The second-order valence-electron chi connectivity index (χ2n) is 8.73. The third-order valence-electron chi connectivity index (χ3n) is 5.60. The summed E-state index contributed by atoms with van der Waals surface area (Å²) >= 11 is 4.14. The van der Waals surface area contributed by atoms with Crippen molar-refractivity contribution in [2.75, 3.05) is 18.8 Å². The number of hydrogen-bond donors (Lipinski definition) is 9. The minimum absolute atomic E-state index is 0.0562. The zero-order valence-electron chi connectivity index (χ0n) is 21.3. The molecule has 212 valence electrons. The lowest BCUT2D eigenvalue weighted by Gasteiger charge is -2.24. The number of thiol groups is 1. The number of nitrogens with two attached hydrogens (primary N) is 4. The lowest BCUT2D eigenvalue weighted by molar-refractivity contribution is -0.142. The molecule has 12 N–H and O–H groups in total. The maximum absolute atomic E-state index is 13.1. The zero-order valence-corrected chi connectivity index (χ0v) is 22.2. The highest BCUT2D eigenvalue weighted by Gasteiger charge is 2.29. The molecule has 14 heteroatoms. The summed E-state index contributed by atoms with van der Waals surface area (Å²) in [5.41, 5.74) is 22.8. The van der Waals surface area contributed by atoms with Crippen molar-refractivity contribution in [3.63, 3.8) is 0 Å². The molecule has 0 aromatic heterocycles. The largest absolute Gasteiger partial charge is 0.480 e. The Kier molecular flexibility index (Phi) is 15.5. The normalized spacial score (nSPS) is 13.9. The van der Waals surface area contributed by atoms with Crippen molar-refractivity contribution in [3.8, 4) is 0 Å². The van der Waals surface area contributed by atoms with Gasteiger partial charge in [0.05, 0.1) is 6.04 Å². The number of rotatable bonds is 18. The summed E-state index contributed by atoms with van der Waals surface area (Å²) in [5.74, 6) is -3.33. The molecule has 0 spiro atoms. The second-order valence-corrected chi connectivity index (χ2v) is 9.10. The number of nitrogens with zero attached hydrogens (tertiary/aromatic N) is 1. The van der Waals surface area contributed by atoms with Gasteiger partial charge in [-0.25, -0.2) is 4.79 Å². The van der Waals surface area contributed by atoms with Crippen LogP contribution in [0.2, 0.25) is 0 Å². The molecule has 0 radical (unpaired) electrons.